The summed E-state index contributed by atoms with van der Waals surface area (Å²) >= 11 is 0. The smallest absolute Gasteiger partial charge is 0.338 e. The van der Waals surface area contributed by atoms with Crippen LogP contribution in [0.4, 0.5) is 0 Å². The highest BCUT2D eigenvalue weighted by Gasteiger charge is 2.26. The number of carbonyl (C=O) groups excluding carboxylic acids is 2. The van der Waals surface area contributed by atoms with Crippen molar-refractivity contribution in [1.82, 2.24) is 5.32 Å². The predicted octanol–water partition coefficient (Wildman–Crippen LogP) is 0.00360. The quantitative estimate of drug-likeness (QED) is 0.653. The SMILES string of the molecule is CCOC(=O)C(O)C(O)c1ccc(C(=O)NC)cc1. The van der Waals surface area contributed by atoms with Gasteiger partial charge in [-0.15, -0.1) is 0 Å². The number of esters is 1. The maximum absolute atomic E-state index is 11.3. The first-order valence-electron chi connectivity index (χ1n) is 5.86. The van der Waals surface area contributed by atoms with Gasteiger partial charge in [-0.3, -0.25) is 4.79 Å². The number of amides is 1. The van der Waals surface area contributed by atoms with Gasteiger partial charge in [0.1, 0.15) is 6.10 Å². The second-order valence-corrected chi connectivity index (χ2v) is 3.84. The zero-order chi connectivity index (χ0) is 14.4. The zero-order valence-electron chi connectivity index (χ0n) is 10.8. The van der Waals surface area contributed by atoms with E-state index in [2.05, 4.69) is 10.1 Å². The summed E-state index contributed by atoms with van der Waals surface area (Å²) < 4.78 is 4.61. The molecular weight excluding hydrogens is 250 g/mol. The van der Waals surface area contributed by atoms with E-state index in [-0.39, 0.29) is 12.5 Å². The van der Waals surface area contributed by atoms with E-state index >= 15 is 0 Å². The zero-order valence-corrected chi connectivity index (χ0v) is 10.8. The maximum Gasteiger partial charge on any atom is 0.338 e. The molecule has 19 heavy (non-hydrogen) atoms. The molecule has 0 fully saturated rings. The van der Waals surface area contributed by atoms with Crippen LogP contribution in [-0.2, 0) is 9.53 Å². The standard InChI is InChI=1S/C13H17NO5/c1-3-19-13(18)11(16)10(15)8-4-6-9(7-5-8)12(17)14-2/h4-7,10-11,15-16H,3H2,1-2H3,(H,14,17). The molecule has 0 aliphatic rings. The monoisotopic (exact) mass is 267 g/mol. The fourth-order valence-electron chi connectivity index (χ4n) is 1.51. The van der Waals surface area contributed by atoms with Crippen molar-refractivity contribution in [2.45, 2.75) is 19.1 Å². The van der Waals surface area contributed by atoms with Gasteiger partial charge in [0.25, 0.3) is 5.91 Å². The number of aliphatic hydroxyl groups is 2. The van der Waals surface area contributed by atoms with Crippen molar-refractivity contribution in [2.75, 3.05) is 13.7 Å². The van der Waals surface area contributed by atoms with Crippen molar-refractivity contribution in [1.29, 1.82) is 0 Å². The molecule has 1 amide bonds. The summed E-state index contributed by atoms with van der Waals surface area (Å²) in [6.07, 6.45) is -3.04. The minimum atomic E-state index is -1.65. The van der Waals surface area contributed by atoms with Crippen LogP contribution in [0.25, 0.3) is 0 Å². The van der Waals surface area contributed by atoms with E-state index in [0.29, 0.717) is 11.1 Å². The first-order valence-corrected chi connectivity index (χ1v) is 5.86. The molecule has 0 bridgehead atoms. The Morgan fingerprint density at radius 3 is 2.32 bits per heavy atom. The number of aliphatic hydroxyl groups excluding tert-OH is 2. The largest absolute Gasteiger partial charge is 0.464 e. The molecule has 2 atom stereocenters. The molecule has 0 saturated carbocycles. The van der Waals surface area contributed by atoms with E-state index in [0.717, 1.165) is 0 Å². The second kappa shape index (κ2) is 6.86. The highest BCUT2D eigenvalue weighted by Crippen LogP contribution is 2.18. The second-order valence-electron chi connectivity index (χ2n) is 3.84. The van der Waals surface area contributed by atoms with Gasteiger partial charge in [0, 0.05) is 12.6 Å². The number of hydrogen-bond acceptors (Lipinski definition) is 5. The van der Waals surface area contributed by atoms with Crippen LogP contribution in [0.5, 0.6) is 0 Å². The maximum atomic E-state index is 11.3. The Balaban J connectivity index is 2.80. The normalized spacial score (nSPS) is 13.5. The number of benzene rings is 1. The summed E-state index contributed by atoms with van der Waals surface area (Å²) in [6.45, 7) is 1.73. The van der Waals surface area contributed by atoms with Gasteiger partial charge < -0.3 is 20.3 Å². The molecule has 1 rings (SSSR count). The minimum Gasteiger partial charge on any atom is -0.464 e. The fourth-order valence-corrected chi connectivity index (χ4v) is 1.51. The third-order valence-electron chi connectivity index (χ3n) is 2.57. The lowest BCUT2D eigenvalue weighted by Crippen LogP contribution is -2.30. The van der Waals surface area contributed by atoms with E-state index in [4.69, 9.17) is 0 Å². The van der Waals surface area contributed by atoms with Crippen molar-refractivity contribution < 1.29 is 24.5 Å². The average Bonchev–Trinajstić information content (AvgIpc) is 2.45. The van der Waals surface area contributed by atoms with Crippen molar-refractivity contribution >= 4 is 11.9 Å². The third-order valence-corrected chi connectivity index (χ3v) is 2.57. The Bertz CT molecular complexity index is 443. The van der Waals surface area contributed by atoms with Crippen LogP contribution in [0.3, 0.4) is 0 Å². The molecule has 0 saturated heterocycles. The highest BCUT2D eigenvalue weighted by atomic mass is 16.5. The molecular formula is C13H17NO5. The first kappa shape index (κ1) is 15.1. The molecule has 104 valence electrons. The molecule has 0 radical (unpaired) electrons. The number of nitrogens with one attached hydrogen (secondary N) is 1. The van der Waals surface area contributed by atoms with E-state index in [1.54, 1.807) is 6.92 Å². The van der Waals surface area contributed by atoms with Crippen LogP contribution >= 0.6 is 0 Å². The van der Waals surface area contributed by atoms with Crippen LogP contribution in [0.1, 0.15) is 28.9 Å². The Hall–Kier alpha value is -1.92. The number of hydrogen-bond donors (Lipinski definition) is 3. The Morgan fingerprint density at radius 1 is 1.26 bits per heavy atom. The van der Waals surface area contributed by atoms with Gasteiger partial charge in [0.15, 0.2) is 6.10 Å². The van der Waals surface area contributed by atoms with Gasteiger partial charge in [0.2, 0.25) is 0 Å². The van der Waals surface area contributed by atoms with Crippen LogP contribution in [0.15, 0.2) is 24.3 Å². The lowest BCUT2D eigenvalue weighted by atomic mass is 10.0. The summed E-state index contributed by atoms with van der Waals surface area (Å²) in [7, 11) is 1.51. The van der Waals surface area contributed by atoms with Gasteiger partial charge >= 0.3 is 5.97 Å². The average molecular weight is 267 g/mol. The number of ether oxygens (including phenoxy) is 1. The van der Waals surface area contributed by atoms with Crippen LogP contribution in [-0.4, -0.2) is 41.8 Å². The molecule has 3 N–H and O–H groups in total. The van der Waals surface area contributed by atoms with Gasteiger partial charge in [-0.25, -0.2) is 4.79 Å². The van der Waals surface area contributed by atoms with Crippen molar-refractivity contribution in [3.05, 3.63) is 35.4 Å². The van der Waals surface area contributed by atoms with Crippen molar-refractivity contribution in [2.24, 2.45) is 0 Å². The molecule has 0 spiro atoms. The number of carbonyl (C=O) groups is 2. The van der Waals surface area contributed by atoms with E-state index in [1.807, 2.05) is 0 Å². The molecule has 2 unspecified atom stereocenters. The van der Waals surface area contributed by atoms with Gasteiger partial charge in [-0.1, -0.05) is 12.1 Å². The predicted molar refractivity (Wildman–Crippen MR) is 67.4 cm³/mol. The third kappa shape index (κ3) is 3.77. The summed E-state index contributed by atoms with van der Waals surface area (Å²) in [6, 6.07) is 5.93. The molecule has 0 aliphatic carbocycles. The summed E-state index contributed by atoms with van der Waals surface area (Å²) in [4.78, 5) is 22.6. The first-order chi connectivity index (χ1) is 9.01. The van der Waals surface area contributed by atoms with Crippen molar-refractivity contribution in [3.63, 3.8) is 0 Å². The Kier molecular flexibility index (Phi) is 5.47. The Morgan fingerprint density at radius 2 is 1.84 bits per heavy atom. The Labute approximate surface area is 111 Å². The van der Waals surface area contributed by atoms with E-state index in [1.165, 1.54) is 31.3 Å². The molecule has 1 aromatic rings. The molecule has 6 nitrogen and oxygen atoms in total. The van der Waals surface area contributed by atoms with Crippen molar-refractivity contribution in [3.8, 4) is 0 Å². The number of rotatable bonds is 5. The van der Waals surface area contributed by atoms with Crippen LogP contribution in [0, 0.1) is 0 Å². The molecule has 0 aromatic heterocycles. The fraction of sp³-hybridized carbons (Fsp3) is 0.385. The summed E-state index contributed by atoms with van der Waals surface area (Å²) in [5.74, 6) is -1.14. The molecule has 0 aliphatic heterocycles. The van der Waals surface area contributed by atoms with E-state index in [9.17, 15) is 19.8 Å². The summed E-state index contributed by atoms with van der Waals surface area (Å²) in [5.41, 5.74) is 0.747. The van der Waals surface area contributed by atoms with Crippen LogP contribution in [0.2, 0.25) is 0 Å². The summed E-state index contributed by atoms with van der Waals surface area (Å²) in [5, 5.41) is 21.9. The highest BCUT2D eigenvalue weighted by molar-refractivity contribution is 5.93. The lowest BCUT2D eigenvalue weighted by Gasteiger charge is -2.16. The molecule has 1 aromatic carbocycles. The molecule has 6 heteroatoms. The molecule has 0 heterocycles. The van der Waals surface area contributed by atoms with E-state index < -0.39 is 18.2 Å². The van der Waals surface area contributed by atoms with Crippen LogP contribution < -0.4 is 5.32 Å². The minimum absolute atomic E-state index is 0.123. The van der Waals surface area contributed by atoms with Gasteiger partial charge in [-0.05, 0) is 24.6 Å². The van der Waals surface area contributed by atoms with Gasteiger partial charge in [-0.2, -0.15) is 0 Å². The lowest BCUT2D eigenvalue weighted by molar-refractivity contribution is -0.159. The van der Waals surface area contributed by atoms with Gasteiger partial charge in [0.05, 0.1) is 6.61 Å². The topological polar surface area (TPSA) is 95.9 Å².